The van der Waals surface area contributed by atoms with E-state index in [1.807, 2.05) is 0 Å². The minimum absolute atomic E-state index is 0.913. The smallest absolute Gasteiger partial charge is 0.373 e. The third-order valence-electron chi connectivity index (χ3n) is 10.7. The highest BCUT2D eigenvalue weighted by Gasteiger charge is 2.41. The molecule has 0 unspecified atom stereocenters. The van der Waals surface area contributed by atoms with E-state index in [9.17, 15) is 0 Å². The van der Waals surface area contributed by atoms with Gasteiger partial charge in [-0.25, -0.2) is 0 Å². The van der Waals surface area contributed by atoms with Crippen molar-refractivity contribution in [3.63, 3.8) is 0 Å². The molecule has 0 aliphatic carbocycles. The molecule has 0 atom stereocenters. The molecule has 0 amide bonds. The second-order valence-corrected chi connectivity index (χ2v) is 16.3. The molecule has 0 spiro atoms. The van der Waals surface area contributed by atoms with Gasteiger partial charge in [0.05, 0.1) is 0 Å². The minimum atomic E-state index is -3.17. The van der Waals surface area contributed by atoms with Gasteiger partial charge >= 0.3 is 8.80 Å². The molecule has 9 aromatic rings. The monoisotopic (exact) mass is 702 g/mol. The second kappa shape index (κ2) is 13.6. The quantitative estimate of drug-likeness (QED) is 0.117. The van der Waals surface area contributed by atoms with Crippen LogP contribution in [0.4, 0.5) is 0 Å². The largest absolute Gasteiger partial charge is 0.536 e. The van der Waals surface area contributed by atoms with Gasteiger partial charge in [-0.15, -0.1) is 0 Å². The van der Waals surface area contributed by atoms with Gasteiger partial charge in [-0.1, -0.05) is 158 Å². The third kappa shape index (κ3) is 5.38. The van der Waals surface area contributed by atoms with Crippen LogP contribution in [0.3, 0.4) is 0 Å². The normalized spacial score (nSPS) is 11.9. The molecular formula is C49H38O3Si. The van der Waals surface area contributed by atoms with Crippen molar-refractivity contribution in [2.24, 2.45) is 0 Å². The predicted molar refractivity (Wildman–Crippen MR) is 225 cm³/mol. The second-order valence-electron chi connectivity index (χ2n) is 13.4. The van der Waals surface area contributed by atoms with E-state index in [0.717, 1.165) is 27.1 Å². The van der Waals surface area contributed by atoms with E-state index in [1.165, 1.54) is 65.7 Å². The molecule has 0 bridgehead atoms. The lowest BCUT2D eigenvalue weighted by Crippen LogP contribution is -2.54. The summed E-state index contributed by atoms with van der Waals surface area (Å²) in [6, 6.07) is 63.6. The molecule has 0 fully saturated rings. The van der Waals surface area contributed by atoms with Crippen molar-refractivity contribution in [2.45, 2.75) is 0 Å². The van der Waals surface area contributed by atoms with Crippen LogP contribution in [0, 0.1) is 0 Å². The molecule has 0 aliphatic heterocycles. The van der Waals surface area contributed by atoms with Gasteiger partial charge in [0.15, 0.2) is 0 Å². The summed E-state index contributed by atoms with van der Waals surface area (Å²) >= 11 is 0. The van der Waals surface area contributed by atoms with Crippen LogP contribution >= 0.6 is 0 Å². The van der Waals surface area contributed by atoms with Crippen LogP contribution in [0.25, 0.3) is 87.6 Å². The van der Waals surface area contributed by atoms with E-state index in [-0.39, 0.29) is 0 Å². The highest BCUT2D eigenvalue weighted by molar-refractivity contribution is 6.75. The fourth-order valence-corrected chi connectivity index (χ4v) is 10.2. The Morgan fingerprint density at radius 2 is 0.566 bits per heavy atom. The number of rotatable bonds is 8. The van der Waals surface area contributed by atoms with Crippen LogP contribution in [-0.2, 0) is 13.3 Å². The van der Waals surface area contributed by atoms with Gasteiger partial charge in [-0.05, 0) is 106 Å². The average molecular weight is 703 g/mol. The maximum absolute atomic E-state index is 6.03. The summed E-state index contributed by atoms with van der Waals surface area (Å²) in [4.78, 5) is 0. The van der Waals surface area contributed by atoms with E-state index in [2.05, 4.69) is 176 Å². The number of hydrogen-bond donors (Lipinski definition) is 0. The first kappa shape index (κ1) is 33.0. The van der Waals surface area contributed by atoms with E-state index in [0.29, 0.717) is 0 Å². The zero-order valence-electron chi connectivity index (χ0n) is 30.0. The van der Waals surface area contributed by atoms with Gasteiger partial charge in [0.2, 0.25) is 0 Å². The van der Waals surface area contributed by atoms with Gasteiger partial charge in [0.1, 0.15) is 0 Å². The Bertz CT molecular complexity index is 2750. The number of fused-ring (bicyclic) bond motifs is 4. The summed E-state index contributed by atoms with van der Waals surface area (Å²) in [5, 5.41) is 10.5. The lowest BCUT2D eigenvalue weighted by atomic mass is 9.81. The third-order valence-corrected chi connectivity index (χ3v) is 13.3. The standard InChI is InChI=1S/C49H38O3Si/c1-50-53(51-2,52-3)37-28-29-40-41(30-37)49(36-24-14-7-15-25-36)45-32-43-42(31-44(45)48(40)35-22-12-6-13-23-35)46(33-18-8-4-9-19-33)38-26-16-17-27-39(38)47(43)34-20-10-5-11-21-34/h4-32H,1-3H3. The van der Waals surface area contributed by atoms with Gasteiger partial charge in [0.25, 0.3) is 0 Å². The Morgan fingerprint density at radius 1 is 0.283 bits per heavy atom. The van der Waals surface area contributed by atoms with Gasteiger partial charge < -0.3 is 13.3 Å². The molecule has 0 aliphatic rings. The van der Waals surface area contributed by atoms with Crippen molar-refractivity contribution in [3.05, 3.63) is 176 Å². The summed E-state index contributed by atoms with van der Waals surface area (Å²) in [5.74, 6) is 0. The Balaban J connectivity index is 1.57. The van der Waals surface area contributed by atoms with Crippen LogP contribution in [0.15, 0.2) is 176 Å². The van der Waals surface area contributed by atoms with Gasteiger partial charge in [0, 0.05) is 26.5 Å². The molecule has 0 saturated heterocycles. The predicted octanol–water partition coefficient (Wildman–Crippen LogP) is 12.1. The lowest BCUT2D eigenvalue weighted by molar-refractivity contribution is 0.140. The summed E-state index contributed by atoms with van der Waals surface area (Å²) in [5.41, 5.74) is 9.52. The maximum atomic E-state index is 6.03. The summed E-state index contributed by atoms with van der Waals surface area (Å²) < 4.78 is 18.1. The highest BCUT2D eigenvalue weighted by atomic mass is 28.4. The van der Waals surface area contributed by atoms with E-state index < -0.39 is 8.80 Å². The molecule has 9 aromatic carbocycles. The Hall–Kier alpha value is -5.88. The topological polar surface area (TPSA) is 27.7 Å². The van der Waals surface area contributed by atoms with Gasteiger partial charge in [-0.3, -0.25) is 0 Å². The maximum Gasteiger partial charge on any atom is 0.536 e. The SMILES string of the molecule is CO[Si](OC)(OC)c1ccc2c(-c3ccccc3)c3cc4c(-c5ccccc5)c5ccccc5c(-c5ccccc5)c4cc3c(-c3ccccc3)c2c1. The Labute approximate surface area is 311 Å². The van der Waals surface area contributed by atoms with Crippen molar-refractivity contribution < 1.29 is 13.3 Å². The fraction of sp³-hybridized carbons (Fsp3) is 0.0612. The summed E-state index contributed by atoms with van der Waals surface area (Å²) in [7, 11) is 1.84. The average Bonchev–Trinajstić information content (AvgIpc) is 3.23. The molecule has 0 N–H and O–H groups in total. The van der Waals surface area contributed by atoms with E-state index in [1.54, 1.807) is 21.3 Å². The van der Waals surface area contributed by atoms with E-state index in [4.69, 9.17) is 13.3 Å². The summed E-state index contributed by atoms with van der Waals surface area (Å²) in [6.45, 7) is 0. The molecular weight excluding hydrogens is 665 g/mol. The molecule has 0 radical (unpaired) electrons. The first-order valence-corrected chi connectivity index (χ1v) is 19.7. The van der Waals surface area contributed by atoms with Crippen molar-refractivity contribution in [1.29, 1.82) is 0 Å². The van der Waals surface area contributed by atoms with Crippen LogP contribution in [0.2, 0.25) is 0 Å². The molecule has 53 heavy (non-hydrogen) atoms. The Morgan fingerprint density at radius 3 is 0.906 bits per heavy atom. The highest BCUT2D eigenvalue weighted by Crippen LogP contribution is 2.49. The molecule has 0 aromatic heterocycles. The van der Waals surface area contributed by atoms with Crippen LogP contribution in [0.5, 0.6) is 0 Å². The van der Waals surface area contributed by atoms with Gasteiger partial charge in [-0.2, -0.15) is 0 Å². The molecule has 0 heterocycles. The fourth-order valence-electron chi connectivity index (χ4n) is 8.35. The minimum Gasteiger partial charge on any atom is -0.373 e. The van der Waals surface area contributed by atoms with Crippen LogP contribution in [-0.4, -0.2) is 30.1 Å². The molecule has 3 nitrogen and oxygen atoms in total. The first-order valence-electron chi connectivity index (χ1n) is 17.9. The Kier molecular flexibility index (Phi) is 8.46. The van der Waals surface area contributed by atoms with Crippen molar-refractivity contribution in [3.8, 4) is 44.5 Å². The molecule has 4 heteroatoms. The molecule has 9 rings (SSSR count). The first-order chi connectivity index (χ1) is 26.2. The molecule has 0 saturated carbocycles. The zero-order valence-corrected chi connectivity index (χ0v) is 31.0. The zero-order chi connectivity index (χ0) is 35.9. The van der Waals surface area contributed by atoms with Crippen LogP contribution < -0.4 is 5.19 Å². The van der Waals surface area contributed by atoms with E-state index >= 15 is 0 Å². The van der Waals surface area contributed by atoms with Crippen molar-refractivity contribution >= 4 is 57.1 Å². The van der Waals surface area contributed by atoms with Crippen molar-refractivity contribution in [2.75, 3.05) is 21.3 Å². The number of benzene rings is 9. The van der Waals surface area contributed by atoms with Crippen LogP contribution in [0.1, 0.15) is 0 Å². The van der Waals surface area contributed by atoms with Crippen molar-refractivity contribution in [1.82, 2.24) is 0 Å². The molecule has 256 valence electrons. The summed E-state index contributed by atoms with van der Waals surface area (Å²) in [6.07, 6.45) is 0. The lowest BCUT2D eigenvalue weighted by Gasteiger charge is -2.26. The number of hydrogen-bond acceptors (Lipinski definition) is 3.